The second kappa shape index (κ2) is 8.15. The van der Waals surface area contributed by atoms with E-state index in [1.165, 1.54) is 22.5 Å². The highest BCUT2D eigenvalue weighted by Crippen LogP contribution is 2.15. The molecule has 2 heterocycles. The largest absolute Gasteiger partial charge is 0.333 e. The Morgan fingerprint density at radius 2 is 1.72 bits per heavy atom. The second-order valence-corrected chi connectivity index (χ2v) is 7.68. The van der Waals surface area contributed by atoms with Gasteiger partial charge in [-0.1, -0.05) is 37.6 Å². The molecule has 0 atom stereocenters. The highest BCUT2D eigenvalue weighted by atomic mass is 15.3. The third-order valence-electron chi connectivity index (χ3n) is 5.28. The molecule has 4 nitrogen and oxygen atoms in total. The maximum Gasteiger partial charge on any atom is 0.111 e. The van der Waals surface area contributed by atoms with Crippen LogP contribution in [0.5, 0.6) is 0 Å². The molecule has 1 aliphatic heterocycles. The zero-order valence-electron chi connectivity index (χ0n) is 16.2. The molecule has 1 aliphatic rings. The first-order valence-corrected chi connectivity index (χ1v) is 9.55. The van der Waals surface area contributed by atoms with Crippen molar-refractivity contribution in [3.05, 3.63) is 53.1 Å². The number of hydrogen-bond acceptors (Lipinski definition) is 3. The van der Waals surface area contributed by atoms with Crippen LogP contribution in [0.15, 0.2) is 30.6 Å². The zero-order chi connectivity index (χ0) is 17.8. The van der Waals surface area contributed by atoms with E-state index in [9.17, 15) is 0 Å². The highest BCUT2D eigenvalue weighted by Gasteiger charge is 2.18. The SMILES string of the molecule is Cc1ccc(C)c(CN2CCN(CCn3ccnc3C(C)C)CC2)c1. The Kier molecular flexibility index (Phi) is 5.92. The average Bonchev–Trinajstić information content (AvgIpc) is 3.06. The summed E-state index contributed by atoms with van der Waals surface area (Å²) in [6.45, 7) is 16.7. The van der Waals surface area contributed by atoms with Crippen LogP contribution < -0.4 is 0 Å². The fourth-order valence-electron chi connectivity index (χ4n) is 3.64. The monoisotopic (exact) mass is 340 g/mol. The molecule has 0 bridgehead atoms. The number of rotatable bonds is 6. The Bertz CT molecular complexity index is 681. The zero-order valence-corrected chi connectivity index (χ0v) is 16.2. The molecular weight excluding hydrogens is 308 g/mol. The van der Waals surface area contributed by atoms with Crippen LogP contribution in [0.25, 0.3) is 0 Å². The van der Waals surface area contributed by atoms with E-state index in [1.807, 2.05) is 6.20 Å². The summed E-state index contributed by atoms with van der Waals surface area (Å²) < 4.78 is 2.31. The maximum atomic E-state index is 4.49. The molecule has 2 aromatic rings. The van der Waals surface area contributed by atoms with Gasteiger partial charge in [0.1, 0.15) is 5.82 Å². The lowest BCUT2D eigenvalue weighted by Gasteiger charge is -2.35. The minimum atomic E-state index is 0.490. The lowest BCUT2D eigenvalue weighted by atomic mass is 10.0. The maximum absolute atomic E-state index is 4.49. The first-order valence-electron chi connectivity index (χ1n) is 9.55. The number of benzene rings is 1. The van der Waals surface area contributed by atoms with Crippen molar-refractivity contribution in [3.8, 4) is 0 Å². The molecule has 136 valence electrons. The molecule has 25 heavy (non-hydrogen) atoms. The molecular formula is C21H32N4. The van der Waals surface area contributed by atoms with Crippen molar-refractivity contribution in [1.82, 2.24) is 19.4 Å². The van der Waals surface area contributed by atoms with Crippen LogP contribution in [0.2, 0.25) is 0 Å². The molecule has 1 aromatic heterocycles. The van der Waals surface area contributed by atoms with Crippen molar-refractivity contribution in [2.24, 2.45) is 0 Å². The first-order chi connectivity index (χ1) is 12.0. The number of imidazole rings is 1. The molecule has 4 heteroatoms. The molecule has 0 amide bonds. The van der Waals surface area contributed by atoms with Gasteiger partial charge in [-0.3, -0.25) is 9.80 Å². The number of nitrogens with zero attached hydrogens (tertiary/aromatic N) is 4. The fraction of sp³-hybridized carbons (Fsp3) is 0.571. The Morgan fingerprint density at radius 1 is 1.00 bits per heavy atom. The van der Waals surface area contributed by atoms with Crippen molar-refractivity contribution in [1.29, 1.82) is 0 Å². The van der Waals surface area contributed by atoms with Gasteiger partial charge in [0.25, 0.3) is 0 Å². The predicted molar refractivity (Wildman–Crippen MR) is 104 cm³/mol. The quantitative estimate of drug-likeness (QED) is 0.805. The molecule has 0 spiro atoms. The third-order valence-corrected chi connectivity index (χ3v) is 5.28. The van der Waals surface area contributed by atoms with E-state index >= 15 is 0 Å². The van der Waals surface area contributed by atoms with Crippen molar-refractivity contribution in [2.45, 2.75) is 46.7 Å². The normalized spacial score (nSPS) is 16.7. The van der Waals surface area contributed by atoms with Gasteiger partial charge in [-0.05, 0) is 25.0 Å². The average molecular weight is 341 g/mol. The van der Waals surface area contributed by atoms with Gasteiger partial charge in [-0.25, -0.2) is 4.98 Å². The van der Waals surface area contributed by atoms with Crippen molar-refractivity contribution in [2.75, 3.05) is 32.7 Å². The molecule has 0 radical (unpaired) electrons. The topological polar surface area (TPSA) is 24.3 Å². The van der Waals surface area contributed by atoms with E-state index in [1.54, 1.807) is 0 Å². The summed E-state index contributed by atoms with van der Waals surface area (Å²) in [4.78, 5) is 9.67. The minimum Gasteiger partial charge on any atom is -0.333 e. The van der Waals surface area contributed by atoms with Gasteiger partial charge in [0.05, 0.1) is 0 Å². The van der Waals surface area contributed by atoms with Crippen LogP contribution in [0, 0.1) is 13.8 Å². The van der Waals surface area contributed by atoms with Gasteiger partial charge >= 0.3 is 0 Å². The Morgan fingerprint density at radius 3 is 2.44 bits per heavy atom. The van der Waals surface area contributed by atoms with Crippen molar-refractivity contribution in [3.63, 3.8) is 0 Å². The number of piperazine rings is 1. The second-order valence-electron chi connectivity index (χ2n) is 7.68. The van der Waals surface area contributed by atoms with Gasteiger partial charge in [-0.2, -0.15) is 0 Å². The number of aromatic nitrogens is 2. The van der Waals surface area contributed by atoms with Gasteiger partial charge in [0, 0.05) is 64.1 Å². The van der Waals surface area contributed by atoms with Crippen LogP contribution in [0.1, 0.15) is 42.3 Å². The summed E-state index contributed by atoms with van der Waals surface area (Å²) in [5.74, 6) is 1.69. The minimum absolute atomic E-state index is 0.490. The fourth-order valence-corrected chi connectivity index (χ4v) is 3.64. The highest BCUT2D eigenvalue weighted by molar-refractivity contribution is 5.30. The Hall–Kier alpha value is -1.65. The smallest absolute Gasteiger partial charge is 0.111 e. The molecule has 0 saturated carbocycles. The van der Waals surface area contributed by atoms with Crippen LogP contribution in [-0.2, 0) is 13.1 Å². The van der Waals surface area contributed by atoms with E-state index in [-0.39, 0.29) is 0 Å². The van der Waals surface area contributed by atoms with Crippen LogP contribution >= 0.6 is 0 Å². The lowest BCUT2D eigenvalue weighted by Crippen LogP contribution is -2.46. The van der Waals surface area contributed by atoms with Crippen LogP contribution in [0.3, 0.4) is 0 Å². The third kappa shape index (κ3) is 4.71. The van der Waals surface area contributed by atoms with Gasteiger partial charge in [0.2, 0.25) is 0 Å². The lowest BCUT2D eigenvalue weighted by molar-refractivity contribution is 0.123. The summed E-state index contributed by atoms with van der Waals surface area (Å²) >= 11 is 0. The van der Waals surface area contributed by atoms with Crippen LogP contribution in [-0.4, -0.2) is 52.1 Å². The predicted octanol–water partition coefficient (Wildman–Crippen LogP) is 3.44. The summed E-state index contributed by atoms with van der Waals surface area (Å²) in [6.07, 6.45) is 4.05. The summed E-state index contributed by atoms with van der Waals surface area (Å²) in [7, 11) is 0. The van der Waals surface area contributed by atoms with E-state index in [2.05, 4.69) is 71.4 Å². The van der Waals surface area contributed by atoms with E-state index in [0.29, 0.717) is 5.92 Å². The van der Waals surface area contributed by atoms with Gasteiger partial charge in [0.15, 0.2) is 0 Å². The van der Waals surface area contributed by atoms with Crippen LogP contribution in [0.4, 0.5) is 0 Å². The molecule has 1 fully saturated rings. The summed E-state index contributed by atoms with van der Waals surface area (Å²) in [6, 6.07) is 6.80. The van der Waals surface area contributed by atoms with Crippen molar-refractivity contribution >= 4 is 0 Å². The molecule has 0 aliphatic carbocycles. The first kappa shape index (κ1) is 18.2. The van der Waals surface area contributed by atoms with Gasteiger partial charge in [-0.15, -0.1) is 0 Å². The molecule has 3 rings (SSSR count). The van der Waals surface area contributed by atoms with Gasteiger partial charge < -0.3 is 4.57 Å². The van der Waals surface area contributed by atoms with E-state index in [0.717, 1.165) is 45.8 Å². The molecule has 0 unspecified atom stereocenters. The van der Waals surface area contributed by atoms with E-state index < -0.39 is 0 Å². The Balaban J connectivity index is 1.47. The molecule has 1 aromatic carbocycles. The summed E-state index contributed by atoms with van der Waals surface area (Å²) in [5, 5.41) is 0. The van der Waals surface area contributed by atoms with Crippen molar-refractivity contribution < 1.29 is 0 Å². The molecule has 0 N–H and O–H groups in total. The number of aryl methyl sites for hydroxylation is 2. The summed E-state index contributed by atoms with van der Waals surface area (Å²) in [5.41, 5.74) is 4.25. The number of hydrogen-bond donors (Lipinski definition) is 0. The molecule has 1 saturated heterocycles. The van der Waals surface area contributed by atoms with E-state index in [4.69, 9.17) is 0 Å². The Labute approximate surface area is 152 Å². The standard InChI is InChI=1S/C21H32N4/c1-17(2)21-22-7-8-25(21)14-13-23-9-11-24(12-10-23)16-20-15-18(3)5-6-19(20)4/h5-8,15,17H,9-14,16H2,1-4H3.